The Balaban J connectivity index is 1.67. The molecule has 3 rings (SSSR count). The van der Waals surface area contributed by atoms with Gasteiger partial charge in [-0.2, -0.15) is 0 Å². The minimum atomic E-state index is -0.309. The third kappa shape index (κ3) is 2.58. The van der Waals surface area contributed by atoms with Crippen LogP contribution in [0.4, 0.5) is 0 Å². The van der Waals surface area contributed by atoms with Crippen LogP contribution in [-0.2, 0) is 9.53 Å². The quantitative estimate of drug-likeness (QED) is 0.665. The van der Waals surface area contributed by atoms with Gasteiger partial charge in [-0.3, -0.25) is 0 Å². The number of benzene rings is 1. The van der Waals surface area contributed by atoms with Crippen LogP contribution in [0.1, 0.15) is 45.6 Å². The summed E-state index contributed by atoms with van der Waals surface area (Å²) in [7, 11) is 1.49. The third-order valence-electron chi connectivity index (χ3n) is 6.59. The molecular formula is C20H26O4. The summed E-state index contributed by atoms with van der Waals surface area (Å²) >= 11 is 0. The maximum absolute atomic E-state index is 12.2. The molecule has 130 valence electrons. The summed E-state index contributed by atoms with van der Waals surface area (Å²) in [5.41, 5.74) is 1.08. The van der Waals surface area contributed by atoms with Crippen molar-refractivity contribution in [2.24, 2.45) is 16.7 Å². The number of phenols is 1. The predicted molar refractivity (Wildman–Crippen MR) is 92.8 cm³/mol. The number of ether oxygens (including phenoxy) is 2. The molecule has 0 unspecified atom stereocenters. The fraction of sp³-hybridized carbons (Fsp3) is 0.550. The zero-order valence-corrected chi connectivity index (χ0v) is 14.8. The zero-order valence-electron chi connectivity index (χ0n) is 14.8. The summed E-state index contributed by atoms with van der Waals surface area (Å²) in [6.07, 6.45) is 6.47. The lowest BCUT2D eigenvalue weighted by Gasteiger charge is -2.38. The number of esters is 1. The number of hydrogen-bond acceptors (Lipinski definition) is 4. The monoisotopic (exact) mass is 330 g/mol. The molecule has 1 aromatic carbocycles. The lowest BCUT2D eigenvalue weighted by Crippen LogP contribution is -2.38. The van der Waals surface area contributed by atoms with Gasteiger partial charge in [-0.05, 0) is 54.4 Å². The highest BCUT2D eigenvalue weighted by Crippen LogP contribution is 2.66. The standard InChI is InChI=1S/C20H26O4/c1-19(2)14-9-10-20(19,3)17(12-14)24-18(22)8-6-13-5-7-15(21)16(11-13)23-4/h5-8,11,14,17,21H,9-10,12H2,1-4H3/t14-,17-,20+/m0/s1. The average Bonchev–Trinajstić information content (AvgIpc) is 2.87. The number of carbonyl (C=O) groups excluding carboxylic acids is 1. The Labute approximate surface area is 143 Å². The van der Waals surface area contributed by atoms with E-state index in [1.54, 1.807) is 24.3 Å². The molecule has 0 radical (unpaired) electrons. The molecule has 1 N–H and O–H groups in total. The third-order valence-corrected chi connectivity index (χ3v) is 6.59. The highest BCUT2D eigenvalue weighted by molar-refractivity contribution is 5.87. The number of phenolic OH excluding ortho intramolecular Hbond substituents is 1. The van der Waals surface area contributed by atoms with E-state index in [1.165, 1.54) is 19.6 Å². The molecule has 2 bridgehead atoms. The van der Waals surface area contributed by atoms with Crippen molar-refractivity contribution < 1.29 is 19.4 Å². The van der Waals surface area contributed by atoms with Gasteiger partial charge in [0.05, 0.1) is 7.11 Å². The highest BCUT2D eigenvalue weighted by atomic mass is 16.5. The molecule has 0 aromatic heterocycles. The lowest BCUT2D eigenvalue weighted by atomic mass is 9.70. The molecule has 2 saturated carbocycles. The van der Waals surface area contributed by atoms with Crippen LogP contribution in [0.15, 0.2) is 24.3 Å². The summed E-state index contributed by atoms with van der Waals surface area (Å²) < 4.78 is 10.8. The molecular weight excluding hydrogens is 304 g/mol. The van der Waals surface area contributed by atoms with E-state index in [-0.39, 0.29) is 28.7 Å². The maximum Gasteiger partial charge on any atom is 0.331 e. The topological polar surface area (TPSA) is 55.8 Å². The van der Waals surface area contributed by atoms with Crippen LogP contribution in [0.5, 0.6) is 11.5 Å². The number of aromatic hydroxyl groups is 1. The van der Waals surface area contributed by atoms with Crippen molar-refractivity contribution in [1.82, 2.24) is 0 Å². The lowest BCUT2D eigenvalue weighted by molar-refractivity contribution is -0.150. The van der Waals surface area contributed by atoms with Crippen LogP contribution >= 0.6 is 0 Å². The number of fused-ring (bicyclic) bond motifs is 2. The predicted octanol–water partition coefficient (Wildman–Crippen LogP) is 4.17. The molecule has 4 nitrogen and oxygen atoms in total. The summed E-state index contributed by atoms with van der Waals surface area (Å²) in [4.78, 5) is 12.2. The Morgan fingerprint density at radius 3 is 2.67 bits per heavy atom. The average molecular weight is 330 g/mol. The molecule has 2 fully saturated rings. The van der Waals surface area contributed by atoms with Gasteiger partial charge in [-0.15, -0.1) is 0 Å². The summed E-state index contributed by atoms with van der Waals surface area (Å²) in [5, 5.41) is 9.60. The maximum atomic E-state index is 12.2. The van der Waals surface area contributed by atoms with Gasteiger partial charge in [0.1, 0.15) is 6.10 Å². The van der Waals surface area contributed by atoms with Gasteiger partial charge in [-0.1, -0.05) is 26.8 Å². The Kier molecular flexibility index (Phi) is 4.10. The molecule has 4 heteroatoms. The van der Waals surface area contributed by atoms with Gasteiger partial charge in [-0.25, -0.2) is 4.79 Å². The van der Waals surface area contributed by atoms with Crippen molar-refractivity contribution in [2.75, 3.05) is 7.11 Å². The molecule has 24 heavy (non-hydrogen) atoms. The summed E-state index contributed by atoms with van der Waals surface area (Å²) in [6.45, 7) is 6.86. The highest BCUT2D eigenvalue weighted by Gasteiger charge is 2.62. The van der Waals surface area contributed by atoms with Crippen LogP contribution in [0.3, 0.4) is 0 Å². The molecule has 0 heterocycles. The van der Waals surface area contributed by atoms with E-state index in [2.05, 4.69) is 20.8 Å². The Morgan fingerprint density at radius 1 is 1.33 bits per heavy atom. The number of methoxy groups -OCH3 is 1. The molecule has 0 saturated heterocycles. The molecule has 0 aliphatic heterocycles. The van der Waals surface area contributed by atoms with Crippen molar-refractivity contribution in [1.29, 1.82) is 0 Å². The first-order valence-corrected chi connectivity index (χ1v) is 8.53. The fourth-order valence-corrected chi connectivity index (χ4v) is 4.45. The van der Waals surface area contributed by atoms with E-state index in [4.69, 9.17) is 9.47 Å². The van der Waals surface area contributed by atoms with Crippen LogP contribution in [0.2, 0.25) is 0 Å². The van der Waals surface area contributed by atoms with Crippen molar-refractivity contribution >= 4 is 12.0 Å². The summed E-state index contributed by atoms with van der Waals surface area (Å²) in [6, 6.07) is 4.95. The Hall–Kier alpha value is -1.97. The SMILES string of the molecule is COc1cc(C=CC(=O)O[C@H]2C[C@@H]3CC[C@@]2(C)C3(C)C)ccc1O. The first-order valence-electron chi connectivity index (χ1n) is 8.53. The fourth-order valence-electron chi connectivity index (χ4n) is 4.45. The Bertz CT molecular complexity index is 676. The van der Waals surface area contributed by atoms with E-state index in [9.17, 15) is 9.90 Å². The zero-order chi connectivity index (χ0) is 17.5. The number of rotatable bonds is 4. The first-order chi connectivity index (χ1) is 11.3. The molecule has 0 spiro atoms. The second kappa shape index (κ2) is 5.83. The van der Waals surface area contributed by atoms with Gasteiger partial charge >= 0.3 is 5.97 Å². The number of carbonyl (C=O) groups is 1. The van der Waals surface area contributed by atoms with Gasteiger partial charge in [0.2, 0.25) is 0 Å². The van der Waals surface area contributed by atoms with Crippen LogP contribution in [0.25, 0.3) is 6.08 Å². The first kappa shape index (κ1) is 16.9. The van der Waals surface area contributed by atoms with Gasteiger partial charge < -0.3 is 14.6 Å². The van der Waals surface area contributed by atoms with Crippen molar-refractivity contribution in [3.05, 3.63) is 29.8 Å². The second-order valence-electron chi connectivity index (χ2n) is 7.80. The van der Waals surface area contributed by atoms with Gasteiger partial charge in [0.25, 0.3) is 0 Å². The molecule has 0 amide bonds. The molecule has 1 aromatic rings. The van der Waals surface area contributed by atoms with E-state index >= 15 is 0 Å². The molecule has 2 aliphatic carbocycles. The van der Waals surface area contributed by atoms with E-state index < -0.39 is 0 Å². The molecule has 2 aliphatic rings. The minimum Gasteiger partial charge on any atom is -0.504 e. The van der Waals surface area contributed by atoms with Crippen molar-refractivity contribution in [2.45, 2.75) is 46.1 Å². The second-order valence-corrected chi connectivity index (χ2v) is 7.80. The van der Waals surface area contributed by atoms with E-state index in [0.29, 0.717) is 11.7 Å². The largest absolute Gasteiger partial charge is 0.504 e. The van der Waals surface area contributed by atoms with Crippen molar-refractivity contribution in [3.63, 3.8) is 0 Å². The van der Waals surface area contributed by atoms with Gasteiger partial charge in [0, 0.05) is 11.5 Å². The molecule has 3 atom stereocenters. The van der Waals surface area contributed by atoms with Gasteiger partial charge in [0.15, 0.2) is 11.5 Å². The Morgan fingerprint density at radius 2 is 2.08 bits per heavy atom. The normalized spacial score (nSPS) is 30.7. The van der Waals surface area contributed by atoms with Crippen molar-refractivity contribution in [3.8, 4) is 11.5 Å². The number of hydrogen-bond donors (Lipinski definition) is 1. The summed E-state index contributed by atoms with van der Waals surface area (Å²) in [5.74, 6) is 0.796. The van der Waals surface area contributed by atoms with Crippen LogP contribution in [-0.4, -0.2) is 24.3 Å². The van der Waals surface area contributed by atoms with E-state index in [1.807, 2.05) is 0 Å². The van der Waals surface area contributed by atoms with E-state index in [0.717, 1.165) is 18.4 Å². The van der Waals surface area contributed by atoms with Crippen LogP contribution < -0.4 is 4.74 Å². The van der Waals surface area contributed by atoms with Crippen LogP contribution in [0, 0.1) is 16.7 Å². The minimum absolute atomic E-state index is 0.00208. The smallest absolute Gasteiger partial charge is 0.331 e.